The number of pyridine rings is 1. The van der Waals surface area contributed by atoms with Crippen LogP contribution < -0.4 is 5.56 Å². The number of benzene rings is 1. The van der Waals surface area contributed by atoms with Gasteiger partial charge in [-0.25, -0.2) is 0 Å². The maximum atomic E-state index is 11.8. The Kier molecular flexibility index (Phi) is 2.69. The fourth-order valence-electron chi connectivity index (χ4n) is 2.04. The molecular formula is C13H15NO2. The molecule has 2 aromatic rings. The normalized spacial score (nSPS) is 10.9. The van der Waals surface area contributed by atoms with Crippen LogP contribution in [0.15, 0.2) is 23.0 Å². The Bertz CT molecular complexity index is 584. The second-order valence-electron chi connectivity index (χ2n) is 4.04. The van der Waals surface area contributed by atoms with E-state index in [9.17, 15) is 9.90 Å². The minimum atomic E-state index is -0.0440. The molecule has 0 amide bonds. The average Bonchev–Trinajstić information content (AvgIpc) is 2.23. The zero-order valence-corrected chi connectivity index (χ0v) is 9.50. The average molecular weight is 217 g/mol. The van der Waals surface area contributed by atoms with E-state index in [4.69, 9.17) is 0 Å². The highest BCUT2D eigenvalue weighted by Crippen LogP contribution is 2.21. The fourth-order valence-corrected chi connectivity index (χ4v) is 2.04. The van der Waals surface area contributed by atoms with Crippen LogP contribution in [-0.4, -0.2) is 10.1 Å². The van der Waals surface area contributed by atoms with Gasteiger partial charge < -0.3 is 10.1 Å². The van der Waals surface area contributed by atoms with E-state index in [1.165, 1.54) is 0 Å². The highest BCUT2D eigenvalue weighted by Gasteiger charge is 2.08. The van der Waals surface area contributed by atoms with Gasteiger partial charge in [-0.05, 0) is 31.0 Å². The summed E-state index contributed by atoms with van der Waals surface area (Å²) < 4.78 is 0. The van der Waals surface area contributed by atoms with Gasteiger partial charge >= 0.3 is 0 Å². The smallest absolute Gasteiger partial charge is 0.251 e. The van der Waals surface area contributed by atoms with Crippen LogP contribution in [0.2, 0.25) is 0 Å². The van der Waals surface area contributed by atoms with E-state index in [1.807, 2.05) is 13.0 Å². The number of phenols is 1. The fraction of sp³-hybridized carbons (Fsp3) is 0.308. The quantitative estimate of drug-likeness (QED) is 0.812. The number of aromatic amines is 1. The first-order chi connectivity index (χ1) is 7.63. The first kappa shape index (κ1) is 10.7. The molecule has 84 valence electrons. The van der Waals surface area contributed by atoms with Gasteiger partial charge in [0.05, 0.1) is 5.52 Å². The van der Waals surface area contributed by atoms with E-state index in [1.54, 1.807) is 12.1 Å². The predicted octanol–water partition coefficient (Wildman–Crippen LogP) is 2.49. The molecule has 1 heterocycles. The molecule has 0 saturated carbocycles. The molecule has 0 radical (unpaired) electrons. The molecule has 1 aromatic heterocycles. The molecule has 0 aliphatic carbocycles. The topological polar surface area (TPSA) is 53.1 Å². The number of fused-ring (bicyclic) bond motifs is 1. The Morgan fingerprint density at radius 1 is 1.38 bits per heavy atom. The molecule has 0 fully saturated rings. The van der Waals surface area contributed by atoms with Gasteiger partial charge in [0.15, 0.2) is 0 Å². The molecule has 0 saturated heterocycles. The molecule has 0 spiro atoms. The molecule has 3 nitrogen and oxygen atoms in total. The second kappa shape index (κ2) is 4.00. The lowest BCUT2D eigenvalue weighted by Gasteiger charge is -2.07. The SMILES string of the molecule is CCCc1c(C)c2ccc(O)cc2[nH]c1=O. The van der Waals surface area contributed by atoms with Gasteiger partial charge in [-0.15, -0.1) is 0 Å². The second-order valence-corrected chi connectivity index (χ2v) is 4.04. The third-order valence-electron chi connectivity index (χ3n) is 2.88. The summed E-state index contributed by atoms with van der Waals surface area (Å²) in [6.45, 7) is 4.01. The van der Waals surface area contributed by atoms with Gasteiger partial charge in [0.2, 0.25) is 0 Å². The zero-order chi connectivity index (χ0) is 11.7. The van der Waals surface area contributed by atoms with E-state index in [0.29, 0.717) is 5.52 Å². The Hall–Kier alpha value is -1.77. The summed E-state index contributed by atoms with van der Waals surface area (Å²) in [5, 5.41) is 10.4. The Morgan fingerprint density at radius 3 is 2.81 bits per heavy atom. The largest absolute Gasteiger partial charge is 0.508 e. The molecule has 2 rings (SSSR count). The number of aromatic nitrogens is 1. The minimum absolute atomic E-state index is 0.0440. The van der Waals surface area contributed by atoms with Crippen LogP contribution in [0.5, 0.6) is 5.75 Å². The van der Waals surface area contributed by atoms with E-state index in [2.05, 4.69) is 11.9 Å². The summed E-state index contributed by atoms with van der Waals surface area (Å²) in [5.41, 5.74) is 2.51. The summed E-state index contributed by atoms with van der Waals surface area (Å²) in [5.74, 6) is 0.172. The minimum Gasteiger partial charge on any atom is -0.508 e. The van der Waals surface area contributed by atoms with Gasteiger partial charge in [0.1, 0.15) is 5.75 Å². The Morgan fingerprint density at radius 2 is 2.12 bits per heavy atom. The van der Waals surface area contributed by atoms with E-state index >= 15 is 0 Å². The van der Waals surface area contributed by atoms with Crippen molar-refractivity contribution in [3.63, 3.8) is 0 Å². The van der Waals surface area contributed by atoms with Crippen LogP contribution in [0.3, 0.4) is 0 Å². The van der Waals surface area contributed by atoms with E-state index in [0.717, 1.165) is 29.4 Å². The van der Waals surface area contributed by atoms with Crippen molar-refractivity contribution in [1.82, 2.24) is 4.98 Å². The predicted molar refractivity (Wildman–Crippen MR) is 65.0 cm³/mol. The van der Waals surface area contributed by atoms with Gasteiger partial charge in [0, 0.05) is 17.0 Å². The third-order valence-corrected chi connectivity index (χ3v) is 2.88. The van der Waals surface area contributed by atoms with Gasteiger partial charge in [-0.2, -0.15) is 0 Å². The lowest BCUT2D eigenvalue weighted by atomic mass is 10.0. The molecule has 0 unspecified atom stereocenters. The van der Waals surface area contributed by atoms with Gasteiger partial charge in [-0.1, -0.05) is 13.3 Å². The zero-order valence-electron chi connectivity index (χ0n) is 9.50. The molecule has 0 aliphatic rings. The molecule has 2 N–H and O–H groups in total. The van der Waals surface area contributed by atoms with Crippen molar-refractivity contribution in [2.75, 3.05) is 0 Å². The van der Waals surface area contributed by atoms with Crippen molar-refractivity contribution in [3.05, 3.63) is 39.7 Å². The lowest BCUT2D eigenvalue weighted by molar-refractivity contribution is 0.476. The van der Waals surface area contributed by atoms with Crippen molar-refractivity contribution in [2.24, 2.45) is 0 Å². The van der Waals surface area contributed by atoms with Crippen molar-refractivity contribution in [1.29, 1.82) is 0 Å². The third kappa shape index (κ3) is 1.69. The van der Waals surface area contributed by atoms with Crippen LogP contribution >= 0.6 is 0 Å². The first-order valence-electron chi connectivity index (χ1n) is 5.48. The number of aryl methyl sites for hydroxylation is 1. The Balaban J connectivity index is 2.78. The highest BCUT2D eigenvalue weighted by molar-refractivity contribution is 5.83. The maximum Gasteiger partial charge on any atom is 0.251 e. The monoisotopic (exact) mass is 217 g/mol. The number of rotatable bonds is 2. The van der Waals surface area contributed by atoms with Crippen LogP contribution in [0.4, 0.5) is 0 Å². The highest BCUT2D eigenvalue weighted by atomic mass is 16.3. The summed E-state index contributed by atoms with van der Waals surface area (Å²) in [6.07, 6.45) is 1.74. The number of hydrogen-bond donors (Lipinski definition) is 2. The number of hydrogen-bond acceptors (Lipinski definition) is 2. The number of nitrogens with one attached hydrogen (secondary N) is 1. The molecule has 16 heavy (non-hydrogen) atoms. The van der Waals surface area contributed by atoms with E-state index in [-0.39, 0.29) is 11.3 Å². The molecular weight excluding hydrogens is 202 g/mol. The summed E-state index contributed by atoms with van der Waals surface area (Å²) in [6, 6.07) is 5.07. The van der Waals surface area contributed by atoms with Gasteiger partial charge in [0.25, 0.3) is 5.56 Å². The molecule has 0 atom stereocenters. The van der Waals surface area contributed by atoms with Gasteiger partial charge in [-0.3, -0.25) is 4.79 Å². The van der Waals surface area contributed by atoms with Crippen LogP contribution in [0.1, 0.15) is 24.5 Å². The van der Waals surface area contributed by atoms with Crippen LogP contribution in [-0.2, 0) is 6.42 Å². The molecule has 1 aromatic carbocycles. The molecule has 0 aliphatic heterocycles. The molecule has 0 bridgehead atoms. The number of phenolic OH excluding ortho intramolecular Hbond substituents is 1. The summed E-state index contributed by atoms with van der Waals surface area (Å²) >= 11 is 0. The van der Waals surface area contributed by atoms with Crippen LogP contribution in [0.25, 0.3) is 10.9 Å². The number of aromatic hydroxyl groups is 1. The maximum absolute atomic E-state index is 11.8. The van der Waals surface area contributed by atoms with Crippen molar-refractivity contribution in [2.45, 2.75) is 26.7 Å². The summed E-state index contributed by atoms with van der Waals surface area (Å²) in [4.78, 5) is 14.6. The van der Waals surface area contributed by atoms with Crippen molar-refractivity contribution < 1.29 is 5.11 Å². The standard InChI is InChI=1S/C13H15NO2/c1-3-4-11-8(2)10-6-5-9(15)7-12(10)14-13(11)16/h5-7,15H,3-4H2,1-2H3,(H,14,16). The molecule has 3 heteroatoms. The van der Waals surface area contributed by atoms with E-state index < -0.39 is 0 Å². The van der Waals surface area contributed by atoms with Crippen molar-refractivity contribution >= 4 is 10.9 Å². The summed E-state index contributed by atoms with van der Waals surface area (Å²) in [7, 11) is 0. The van der Waals surface area contributed by atoms with Crippen LogP contribution in [0, 0.1) is 6.92 Å². The Labute approximate surface area is 93.7 Å². The van der Waals surface area contributed by atoms with Crippen molar-refractivity contribution in [3.8, 4) is 5.75 Å². The lowest BCUT2D eigenvalue weighted by Crippen LogP contribution is -2.14. The first-order valence-corrected chi connectivity index (χ1v) is 5.48. The number of H-pyrrole nitrogens is 1.